The van der Waals surface area contributed by atoms with Crippen molar-refractivity contribution < 1.29 is 17.9 Å². The second-order valence-electron chi connectivity index (χ2n) is 7.84. The summed E-state index contributed by atoms with van der Waals surface area (Å²) < 4.78 is 32.9. The van der Waals surface area contributed by atoms with Crippen LogP contribution in [0.4, 0.5) is 5.69 Å². The van der Waals surface area contributed by atoms with E-state index in [0.717, 1.165) is 15.4 Å². The van der Waals surface area contributed by atoms with Crippen LogP contribution in [0, 0.1) is 20.8 Å². The maximum Gasteiger partial charge on any atom is 0.243 e. The van der Waals surface area contributed by atoms with Gasteiger partial charge in [-0.2, -0.15) is 4.31 Å². The fraction of sp³-hybridized carbons (Fsp3) is 0.240. The van der Waals surface area contributed by atoms with Gasteiger partial charge in [0, 0.05) is 12.7 Å². The summed E-state index contributed by atoms with van der Waals surface area (Å²) in [6.07, 6.45) is 0. The molecule has 0 heterocycles. The molecule has 0 saturated heterocycles. The van der Waals surface area contributed by atoms with Crippen molar-refractivity contribution >= 4 is 21.6 Å². The van der Waals surface area contributed by atoms with E-state index in [1.807, 2.05) is 49.4 Å². The minimum absolute atomic E-state index is 0.248. The van der Waals surface area contributed by atoms with Crippen LogP contribution in [0.3, 0.4) is 0 Å². The first-order valence-corrected chi connectivity index (χ1v) is 11.7. The predicted molar refractivity (Wildman–Crippen MR) is 126 cm³/mol. The van der Waals surface area contributed by atoms with Gasteiger partial charge in [0.05, 0.1) is 11.4 Å². The van der Waals surface area contributed by atoms with Crippen LogP contribution in [0.15, 0.2) is 71.6 Å². The van der Waals surface area contributed by atoms with Crippen molar-refractivity contribution in [3.05, 3.63) is 89.0 Å². The molecule has 3 aromatic rings. The van der Waals surface area contributed by atoms with Crippen molar-refractivity contribution in [1.29, 1.82) is 0 Å². The number of hydrogen-bond acceptors (Lipinski definition) is 4. The molecule has 0 unspecified atom stereocenters. The maximum atomic E-state index is 13.0. The van der Waals surface area contributed by atoms with Crippen LogP contribution in [0.25, 0.3) is 0 Å². The third-order valence-corrected chi connectivity index (χ3v) is 7.14. The minimum atomic E-state index is -3.79. The van der Waals surface area contributed by atoms with Gasteiger partial charge in [0.1, 0.15) is 12.4 Å². The standard InChI is InChI=1S/C25H28N2O4S/c1-18-14-19(2)25(20(3)15-18)32(29,30)27(4)16-24(28)26-22-10-12-23(13-11-22)31-17-21-8-6-5-7-9-21/h5-15H,16-17H2,1-4H3,(H,26,28). The zero-order valence-electron chi connectivity index (χ0n) is 18.8. The number of aryl methyl sites for hydroxylation is 3. The Kier molecular flexibility index (Phi) is 7.33. The summed E-state index contributed by atoms with van der Waals surface area (Å²) in [5.41, 5.74) is 3.96. The lowest BCUT2D eigenvalue weighted by Gasteiger charge is -2.20. The number of likely N-dealkylation sites (N-methyl/N-ethyl adjacent to an activating group) is 1. The molecule has 1 amide bonds. The van der Waals surface area contributed by atoms with Crippen LogP contribution in [-0.4, -0.2) is 32.2 Å². The molecule has 0 bridgehead atoms. The van der Waals surface area contributed by atoms with Crippen LogP contribution < -0.4 is 10.1 Å². The number of ether oxygens (including phenoxy) is 1. The lowest BCUT2D eigenvalue weighted by molar-refractivity contribution is -0.116. The van der Waals surface area contributed by atoms with E-state index < -0.39 is 15.9 Å². The highest BCUT2D eigenvalue weighted by atomic mass is 32.2. The molecule has 0 aromatic heterocycles. The Morgan fingerprint density at radius 3 is 2.12 bits per heavy atom. The Balaban J connectivity index is 1.60. The predicted octanol–water partition coefficient (Wildman–Crippen LogP) is 4.45. The Morgan fingerprint density at radius 2 is 1.53 bits per heavy atom. The highest BCUT2D eigenvalue weighted by Crippen LogP contribution is 2.24. The van der Waals surface area contributed by atoms with Gasteiger partial charge in [-0.15, -0.1) is 0 Å². The van der Waals surface area contributed by atoms with Crippen molar-refractivity contribution in [1.82, 2.24) is 4.31 Å². The topological polar surface area (TPSA) is 75.7 Å². The largest absolute Gasteiger partial charge is 0.489 e. The van der Waals surface area contributed by atoms with Gasteiger partial charge in [-0.3, -0.25) is 4.79 Å². The van der Waals surface area contributed by atoms with Gasteiger partial charge in [-0.05, 0) is 61.7 Å². The van der Waals surface area contributed by atoms with Crippen molar-refractivity contribution in [3.63, 3.8) is 0 Å². The molecule has 0 spiro atoms. The van der Waals surface area contributed by atoms with Crippen LogP contribution in [0.5, 0.6) is 5.75 Å². The van der Waals surface area contributed by atoms with Crippen molar-refractivity contribution in [2.45, 2.75) is 32.3 Å². The lowest BCUT2D eigenvalue weighted by Crippen LogP contribution is -2.35. The number of nitrogens with zero attached hydrogens (tertiary/aromatic N) is 1. The molecule has 0 aliphatic heterocycles. The van der Waals surface area contributed by atoms with E-state index in [2.05, 4.69) is 5.32 Å². The van der Waals surface area contributed by atoms with E-state index in [9.17, 15) is 13.2 Å². The average Bonchev–Trinajstić information content (AvgIpc) is 2.73. The molecule has 1 N–H and O–H groups in total. The first-order valence-electron chi connectivity index (χ1n) is 10.3. The summed E-state index contributed by atoms with van der Waals surface area (Å²) in [5.74, 6) is 0.258. The zero-order valence-corrected chi connectivity index (χ0v) is 19.6. The Morgan fingerprint density at radius 1 is 0.938 bits per heavy atom. The number of sulfonamides is 1. The number of benzene rings is 3. The first-order chi connectivity index (χ1) is 15.2. The lowest BCUT2D eigenvalue weighted by atomic mass is 10.1. The quantitative estimate of drug-likeness (QED) is 0.548. The van der Waals surface area contributed by atoms with Crippen molar-refractivity contribution in [2.75, 3.05) is 18.9 Å². The summed E-state index contributed by atoms with van der Waals surface area (Å²) in [5, 5.41) is 2.74. The smallest absolute Gasteiger partial charge is 0.243 e. The van der Waals surface area contributed by atoms with Crippen LogP contribution in [0.2, 0.25) is 0 Å². The van der Waals surface area contributed by atoms with E-state index in [-0.39, 0.29) is 11.4 Å². The molecule has 7 heteroatoms. The van der Waals surface area contributed by atoms with Gasteiger partial charge in [0.15, 0.2) is 0 Å². The fourth-order valence-corrected chi connectivity index (χ4v) is 5.12. The molecule has 32 heavy (non-hydrogen) atoms. The molecule has 3 rings (SSSR count). The maximum absolute atomic E-state index is 13.0. The number of anilines is 1. The van der Waals surface area contributed by atoms with E-state index in [1.165, 1.54) is 7.05 Å². The van der Waals surface area contributed by atoms with Gasteiger partial charge < -0.3 is 10.1 Å². The SMILES string of the molecule is Cc1cc(C)c(S(=O)(=O)N(C)CC(=O)Nc2ccc(OCc3ccccc3)cc2)c(C)c1. The summed E-state index contributed by atoms with van der Waals surface area (Å²) >= 11 is 0. The fourth-order valence-electron chi connectivity index (χ4n) is 3.59. The normalized spacial score (nSPS) is 11.4. The number of hydrogen-bond donors (Lipinski definition) is 1. The van der Waals surface area contributed by atoms with Crippen LogP contribution >= 0.6 is 0 Å². The van der Waals surface area contributed by atoms with Crippen LogP contribution in [0.1, 0.15) is 22.3 Å². The van der Waals surface area contributed by atoms with Crippen molar-refractivity contribution in [3.8, 4) is 5.75 Å². The summed E-state index contributed by atoms with van der Waals surface area (Å²) in [6, 6.07) is 20.5. The molecular formula is C25H28N2O4S. The monoisotopic (exact) mass is 452 g/mol. The third kappa shape index (κ3) is 5.75. The average molecular weight is 453 g/mol. The summed E-state index contributed by atoms with van der Waals surface area (Å²) in [4.78, 5) is 12.7. The number of carbonyl (C=O) groups is 1. The number of rotatable bonds is 8. The minimum Gasteiger partial charge on any atom is -0.489 e. The highest BCUT2D eigenvalue weighted by Gasteiger charge is 2.26. The van der Waals surface area contributed by atoms with E-state index in [1.54, 1.807) is 38.1 Å². The van der Waals surface area contributed by atoms with E-state index in [4.69, 9.17) is 4.74 Å². The Labute approximate surface area is 189 Å². The van der Waals surface area contributed by atoms with E-state index >= 15 is 0 Å². The second kappa shape index (κ2) is 9.97. The summed E-state index contributed by atoms with van der Waals surface area (Å²) in [6.45, 7) is 5.62. The zero-order chi connectivity index (χ0) is 23.3. The molecule has 0 aliphatic carbocycles. The van der Waals surface area contributed by atoms with Crippen molar-refractivity contribution in [2.24, 2.45) is 0 Å². The number of carbonyl (C=O) groups excluding carboxylic acids is 1. The van der Waals surface area contributed by atoms with E-state index in [0.29, 0.717) is 29.2 Å². The first kappa shape index (κ1) is 23.5. The molecule has 168 valence electrons. The molecular weight excluding hydrogens is 424 g/mol. The molecule has 0 radical (unpaired) electrons. The van der Waals surface area contributed by atoms with Crippen LogP contribution in [-0.2, 0) is 21.4 Å². The van der Waals surface area contributed by atoms with Gasteiger partial charge in [0.25, 0.3) is 0 Å². The Hall–Kier alpha value is -3.16. The second-order valence-corrected chi connectivity index (χ2v) is 9.82. The van der Waals surface area contributed by atoms with Gasteiger partial charge in [-0.1, -0.05) is 48.0 Å². The summed E-state index contributed by atoms with van der Waals surface area (Å²) in [7, 11) is -2.38. The molecule has 0 fully saturated rings. The van der Waals surface area contributed by atoms with Gasteiger partial charge in [0.2, 0.25) is 15.9 Å². The number of nitrogens with one attached hydrogen (secondary N) is 1. The van der Waals surface area contributed by atoms with Gasteiger partial charge >= 0.3 is 0 Å². The van der Waals surface area contributed by atoms with Gasteiger partial charge in [-0.25, -0.2) is 8.42 Å². The molecule has 0 saturated carbocycles. The molecule has 0 aliphatic rings. The molecule has 3 aromatic carbocycles. The highest BCUT2D eigenvalue weighted by molar-refractivity contribution is 7.89. The molecule has 0 atom stereocenters. The number of amides is 1. The third-order valence-electron chi connectivity index (χ3n) is 5.03. The molecule has 6 nitrogen and oxygen atoms in total. The Bertz CT molecular complexity index is 1170.